The molecule has 2 fully saturated rings. The Morgan fingerprint density at radius 2 is 2.19 bits per heavy atom. The Morgan fingerprint density at radius 1 is 1.42 bits per heavy atom. The van der Waals surface area contributed by atoms with Gasteiger partial charge in [-0.15, -0.1) is 11.8 Å². The summed E-state index contributed by atoms with van der Waals surface area (Å²) < 4.78 is 4.90. The van der Waals surface area contributed by atoms with E-state index in [9.17, 15) is 10.0 Å². The second-order valence-electron chi connectivity index (χ2n) is 6.54. The van der Waals surface area contributed by atoms with Crippen LogP contribution in [-0.4, -0.2) is 97.6 Å². The smallest absolute Gasteiger partial charge is 0.234 e. The van der Waals surface area contributed by atoms with Crippen LogP contribution in [0.25, 0.3) is 0 Å². The van der Waals surface area contributed by atoms with Crippen LogP contribution in [-0.2, 0) is 9.53 Å². The van der Waals surface area contributed by atoms with Crippen LogP contribution in [0.4, 0.5) is 0 Å². The Hall–Kier alpha value is -0.930. The van der Waals surface area contributed by atoms with Crippen molar-refractivity contribution < 1.29 is 9.53 Å². The lowest BCUT2D eigenvalue weighted by Gasteiger charge is -2.42. The molecule has 0 aromatic carbocycles. The number of hydrogen-bond donors (Lipinski definition) is 2. The first kappa shape index (κ1) is 21.4. The molecular weight excluding hydrogens is 356 g/mol. The van der Waals surface area contributed by atoms with Crippen LogP contribution >= 0.6 is 11.8 Å². The highest BCUT2D eigenvalue weighted by Crippen LogP contribution is 2.19. The molecule has 1 amide bonds. The molecule has 0 aliphatic carbocycles. The molecule has 1 unspecified atom stereocenters. The SMILES string of the molecule is COCCNC(=O)CN1CCC(N([O-])NCCN2CSCC2C#N)CC1. The molecule has 2 aliphatic heterocycles. The Kier molecular flexibility index (Phi) is 9.63. The number of rotatable bonds is 10. The number of thioether (sulfide) groups is 1. The molecule has 2 saturated heterocycles. The molecule has 0 bridgehead atoms. The van der Waals surface area contributed by atoms with Crippen LogP contribution in [0.2, 0.25) is 0 Å². The van der Waals surface area contributed by atoms with Gasteiger partial charge < -0.3 is 20.4 Å². The van der Waals surface area contributed by atoms with Crippen molar-refractivity contribution >= 4 is 17.7 Å². The lowest BCUT2D eigenvalue weighted by Crippen LogP contribution is -2.51. The van der Waals surface area contributed by atoms with Gasteiger partial charge in [0.1, 0.15) is 6.04 Å². The van der Waals surface area contributed by atoms with E-state index in [0.29, 0.717) is 32.8 Å². The maximum Gasteiger partial charge on any atom is 0.234 e. The van der Waals surface area contributed by atoms with E-state index < -0.39 is 0 Å². The van der Waals surface area contributed by atoms with Gasteiger partial charge in [-0.1, -0.05) is 0 Å². The number of hydroxylamine groups is 1. The van der Waals surface area contributed by atoms with Crippen LogP contribution in [0.3, 0.4) is 0 Å². The van der Waals surface area contributed by atoms with Crippen molar-refractivity contribution in [2.24, 2.45) is 0 Å². The van der Waals surface area contributed by atoms with E-state index in [1.54, 1.807) is 18.9 Å². The Balaban J connectivity index is 1.58. The van der Waals surface area contributed by atoms with Crippen molar-refractivity contribution in [1.29, 1.82) is 5.26 Å². The minimum absolute atomic E-state index is 0.00636. The minimum Gasteiger partial charge on any atom is -0.771 e. The zero-order valence-electron chi connectivity index (χ0n) is 15.4. The molecule has 2 rings (SSSR count). The number of carbonyl (C=O) groups is 1. The topological polar surface area (TPSA) is 107 Å². The van der Waals surface area contributed by atoms with Crippen LogP contribution in [0.15, 0.2) is 0 Å². The van der Waals surface area contributed by atoms with Crippen LogP contribution < -0.4 is 10.7 Å². The average molecular weight is 386 g/mol. The molecule has 0 aromatic heterocycles. The summed E-state index contributed by atoms with van der Waals surface area (Å²) in [7, 11) is 1.60. The van der Waals surface area contributed by atoms with Gasteiger partial charge in [0.25, 0.3) is 0 Å². The van der Waals surface area contributed by atoms with Gasteiger partial charge in [0, 0.05) is 57.5 Å². The predicted molar refractivity (Wildman–Crippen MR) is 101 cm³/mol. The third-order valence-corrected chi connectivity index (χ3v) is 5.74. The summed E-state index contributed by atoms with van der Waals surface area (Å²) in [5.74, 6) is 1.69. The number of nitriles is 1. The second-order valence-corrected chi connectivity index (χ2v) is 7.54. The molecule has 10 heteroatoms. The summed E-state index contributed by atoms with van der Waals surface area (Å²) in [6.45, 7) is 4.12. The van der Waals surface area contributed by atoms with Crippen molar-refractivity contribution in [3.05, 3.63) is 5.21 Å². The molecule has 9 nitrogen and oxygen atoms in total. The third-order valence-electron chi connectivity index (χ3n) is 4.67. The molecule has 0 aromatic rings. The Bertz CT molecular complexity index is 469. The second kappa shape index (κ2) is 11.7. The van der Waals surface area contributed by atoms with Crippen molar-refractivity contribution in [2.75, 3.05) is 64.6 Å². The fourth-order valence-corrected chi connectivity index (χ4v) is 4.27. The molecule has 26 heavy (non-hydrogen) atoms. The minimum atomic E-state index is -0.0671. The molecule has 1 atom stereocenters. The fraction of sp³-hybridized carbons (Fsp3) is 0.875. The van der Waals surface area contributed by atoms with Crippen molar-refractivity contribution in [3.63, 3.8) is 0 Å². The number of likely N-dealkylation sites (tertiary alicyclic amines) is 1. The number of nitrogens with one attached hydrogen (secondary N) is 2. The highest BCUT2D eigenvalue weighted by molar-refractivity contribution is 7.99. The zero-order chi connectivity index (χ0) is 18.8. The maximum absolute atomic E-state index is 12.2. The van der Waals surface area contributed by atoms with Crippen LogP contribution in [0.5, 0.6) is 0 Å². The van der Waals surface area contributed by atoms with E-state index in [2.05, 4.69) is 26.6 Å². The van der Waals surface area contributed by atoms with E-state index in [0.717, 1.165) is 42.7 Å². The summed E-state index contributed by atoms with van der Waals surface area (Å²) in [4.78, 5) is 16.0. The number of nitrogens with zero attached hydrogens (tertiary/aromatic N) is 4. The number of amides is 1. The number of hydrogen-bond acceptors (Lipinski definition) is 9. The molecule has 2 N–H and O–H groups in total. The number of ether oxygens (including phenoxy) is 1. The van der Waals surface area contributed by atoms with Gasteiger partial charge in [-0.3, -0.25) is 20.0 Å². The zero-order valence-corrected chi connectivity index (χ0v) is 16.2. The summed E-state index contributed by atoms with van der Waals surface area (Å²) in [6, 6.07) is 2.18. The molecule has 2 aliphatic rings. The quantitative estimate of drug-likeness (QED) is 0.377. The normalized spacial score (nSPS) is 22.6. The van der Waals surface area contributed by atoms with Gasteiger partial charge in [-0.2, -0.15) is 5.26 Å². The lowest BCUT2D eigenvalue weighted by atomic mass is 10.1. The highest BCUT2D eigenvalue weighted by atomic mass is 32.2. The van der Waals surface area contributed by atoms with E-state index in [1.165, 1.54) is 0 Å². The van der Waals surface area contributed by atoms with E-state index in [1.807, 2.05) is 0 Å². The number of methoxy groups -OCH3 is 1. The summed E-state index contributed by atoms with van der Waals surface area (Å²) in [6.07, 6.45) is 1.48. The monoisotopic (exact) mass is 385 g/mol. The van der Waals surface area contributed by atoms with Crippen molar-refractivity contribution in [1.82, 2.24) is 25.7 Å². The largest absolute Gasteiger partial charge is 0.771 e. The van der Waals surface area contributed by atoms with E-state index in [4.69, 9.17) is 10.00 Å². The first-order chi connectivity index (χ1) is 12.6. The standard InChI is InChI=1S/C16H29N6O3S/c1-25-9-5-18-16(23)11-20-6-2-14(3-7-20)22(24)19-4-8-21-13-26-12-15(21)10-17/h14-15,19H,2-9,11-13H2,1H3,(H,18,23)/q-1. The first-order valence-electron chi connectivity index (χ1n) is 9.03. The number of piperidine rings is 1. The first-order valence-corrected chi connectivity index (χ1v) is 10.2. The van der Waals surface area contributed by atoms with Gasteiger partial charge in [0.15, 0.2) is 0 Å². The van der Waals surface area contributed by atoms with Gasteiger partial charge in [0.05, 0.1) is 19.2 Å². The van der Waals surface area contributed by atoms with Crippen molar-refractivity contribution in [3.8, 4) is 6.07 Å². The lowest BCUT2D eigenvalue weighted by molar-refractivity contribution is -0.122. The fourth-order valence-electron chi connectivity index (χ4n) is 3.11. The molecule has 0 spiro atoms. The van der Waals surface area contributed by atoms with E-state index in [-0.39, 0.29) is 18.0 Å². The summed E-state index contributed by atoms with van der Waals surface area (Å²) in [5, 5.41) is 25.1. The molecule has 2 heterocycles. The summed E-state index contributed by atoms with van der Waals surface area (Å²) in [5.41, 5.74) is 2.92. The third kappa shape index (κ3) is 7.00. The molecule has 0 saturated carbocycles. The maximum atomic E-state index is 12.2. The molecule has 0 radical (unpaired) electrons. The van der Waals surface area contributed by atoms with Crippen molar-refractivity contribution in [2.45, 2.75) is 24.9 Å². The van der Waals surface area contributed by atoms with Gasteiger partial charge in [0.2, 0.25) is 5.91 Å². The average Bonchev–Trinajstić information content (AvgIpc) is 3.10. The van der Waals surface area contributed by atoms with Gasteiger partial charge in [-0.25, -0.2) is 0 Å². The van der Waals surface area contributed by atoms with Gasteiger partial charge in [-0.05, 0) is 12.8 Å². The van der Waals surface area contributed by atoms with E-state index >= 15 is 0 Å². The highest BCUT2D eigenvalue weighted by Gasteiger charge is 2.25. The van der Waals surface area contributed by atoms with Gasteiger partial charge >= 0.3 is 0 Å². The number of carbonyl (C=O) groups excluding carboxylic acids is 1. The Morgan fingerprint density at radius 3 is 2.88 bits per heavy atom. The molecule has 148 valence electrons. The molecular formula is C16H29N6O3S-. The Labute approximate surface area is 159 Å². The summed E-state index contributed by atoms with van der Waals surface area (Å²) >= 11 is 1.75. The predicted octanol–water partition coefficient (Wildman–Crippen LogP) is -0.584. The van der Waals surface area contributed by atoms with Crippen LogP contribution in [0, 0.1) is 16.5 Å². The van der Waals surface area contributed by atoms with Crippen LogP contribution in [0.1, 0.15) is 12.8 Å². The number of hydrazine groups is 1.